The SMILES string of the molecule is CCCCc1c(C)nn(C(=O)COc2ccc3ccccc3c2Br)c1C. The van der Waals surface area contributed by atoms with E-state index in [0.29, 0.717) is 5.75 Å². The number of unbranched alkanes of at least 4 members (excludes halogenated alkanes) is 1. The van der Waals surface area contributed by atoms with E-state index in [-0.39, 0.29) is 12.5 Å². The van der Waals surface area contributed by atoms with Crippen molar-refractivity contribution in [2.75, 3.05) is 6.61 Å². The molecule has 0 unspecified atom stereocenters. The fourth-order valence-corrected chi connectivity index (χ4v) is 3.77. The largest absolute Gasteiger partial charge is 0.482 e. The van der Waals surface area contributed by atoms with Gasteiger partial charge in [0.15, 0.2) is 6.61 Å². The Labute approximate surface area is 162 Å². The van der Waals surface area contributed by atoms with E-state index in [2.05, 4.69) is 28.0 Å². The number of benzene rings is 2. The molecule has 3 aromatic rings. The van der Waals surface area contributed by atoms with Gasteiger partial charge in [-0.15, -0.1) is 0 Å². The summed E-state index contributed by atoms with van der Waals surface area (Å²) in [5.41, 5.74) is 3.02. The van der Waals surface area contributed by atoms with Gasteiger partial charge < -0.3 is 4.74 Å². The summed E-state index contributed by atoms with van der Waals surface area (Å²) in [4.78, 5) is 12.6. The number of ether oxygens (including phenoxy) is 1. The Morgan fingerprint density at radius 2 is 1.96 bits per heavy atom. The van der Waals surface area contributed by atoms with Crippen LogP contribution in [0, 0.1) is 13.8 Å². The molecule has 2 aromatic carbocycles. The van der Waals surface area contributed by atoms with Gasteiger partial charge in [-0.3, -0.25) is 4.79 Å². The molecule has 1 aromatic heterocycles. The van der Waals surface area contributed by atoms with Crippen molar-refractivity contribution in [1.82, 2.24) is 9.78 Å². The fourth-order valence-electron chi connectivity index (χ4n) is 3.16. The van der Waals surface area contributed by atoms with Crippen LogP contribution >= 0.6 is 15.9 Å². The van der Waals surface area contributed by atoms with Crippen LogP contribution in [0.15, 0.2) is 40.9 Å². The van der Waals surface area contributed by atoms with Crippen molar-refractivity contribution in [2.45, 2.75) is 40.0 Å². The minimum Gasteiger partial charge on any atom is -0.482 e. The van der Waals surface area contributed by atoms with E-state index in [9.17, 15) is 4.79 Å². The summed E-state index contributed by atoms with van der Waals surface area (Å²) in [7, 11) is 0. The van der Waals surface area contributed by atoms with Gasteiger partial charge in [0.1, 0.15) is 5.75 Å². The van der Waals surface area contributed by atoms with Crippen molar-refractivity contribution in [3.63, 3.8) is 0 Å². The number of hydrogen-bond acceptors (Lipinski definition) is 3. The third kappa shape index (κ3) is 3.68. The molecule has 0 radical (unpaired) electrons. The van der Waals surface area contributed by atoms with Crippen LogP contribution in [0.3, 0.4) is 0 Å². The number of rotatable bonds is 6. The lowest BCUT2D eigenvalue weighted by Crippen LogP contribution is -2.22. The van der Waals surface area contributed by atoms with Gasteiger partial charge in [-0.25, -0.2) is 4.68 Å². The lowest BCUT2D eigenvalue weighted by molar-refractivity contribution is 0.0817. The van der Waals surface area contributed by atoms with Gasteiger partial charge in [-0.05, 0) is 65.0 Å². The number of carbonyl (C=O) groups excluding carboxylic acids is 1. The number of nitrogens with zero attached hydrogens (tertiary/aromatic N) is 2. The molecule has 0 N–H and O–H groups in total. The standard InChI is InChI=1S/C21H23BrN2O2/c1-4-5-9-17-14(2)23-24(15(17)3)20(25)13-26-19-12-11-16-8-6-7-10-18(16)21(19)22/h6-8,10-12H,4-5,9,13H2,1-3H3. The van der Waals surface area contributed by atoms with Crippen molar-refractivity contribution in [3.8, 4) is 5.75 Å². The van der Waals surface area contributed by atoms with Gasteiger partial charge in [-0.1, -0.05) is 43.7 Å². The predicted octanol–water partition coefficient (Wildman–Crippen LogP) is 5.48. The fraction of sp³-hybridized carbons (Fsp3) is 0.333. The molecule has 0 amide bonds. The Morgan fingerprint density at radius 3 is 2.73 bits per heavy atom. The minimum atomic E-state index is -0.159. The van der Waals surface area contributed by atoms with E-state index in [1.165, 1.54) is 10.2 Å². The summed E-state index contributed by atoms with van der Waals surface area (Å²) < 4.78 is 8.13. The Hall–Kier alpha value is -2.14. The van der Waals surface area contributed by atoms with Crippen molar-refractivity contribution < 1.29 is 9.53 Å². The average Bonchev–Trinajstić information content (AvgIpc) is 2.93. The molecule has 0 aliphatic rings. The van der Waals surface area contributed by atoms with Crippen LogP contribution in [0.25, 0.3) is 10.8 Å². The molecule has 136 valence electrons. The number of aryl methyl sites for hydroxylation is 1. The number of aromatic nitrogens is 2. The van der Waals surface area contributed by atoms with Crippen LogP contribution in [-0.4, -0.2) is 22.3 Å². The molecule has 0 saturated heterocycles. The molecule has 1 heterocycles. The molecule has 0 aliphatic heterocycles. The van der Waals surface area contributed by atoms with Crippen LogP contribution in [-0.2, 0) is 6.42 Å². The summed E-state index contributed by atoms with van der Waals surface area (Å²) >= 11 is 3.59. The molecule has 0 atom stereocenters. The summed E-state index contributed by atoms with van der Waals surface area (Å²) in [6, 6.07) is 11.9. The Balaban J connectivity index is 1.76. The molecule has 4 nitrogen and oxygen atoms in total. The van der Waals surface area contributed by atoms with E-state index in [1.807, 2.05) is 50.2 Å². The first-order valence-corrected chi connectivity index (χ1v) is 9.70. The molecule has 0 spiro atoms. The number of halogens is 1. The van der Waals surface area contributed by atoms with E-state index >= 15 is 0 Å². The molecule has 26 heavy (non-hydrogen) atoms. The van der Waals surface area contributed by atoms with Gasteiger partial charge in [-0.2, -0.15) is 5.10 Å². The second kappa shape index (κ2) is 8.04. The molecular formula is C21H23BrN2O2. The van der Waals surface area contributed by atoms with E-state index in [4.69, 9.17) is 4.74 Å². The zero-order chi connectivity index (χ0) is 18.7. The Morgan fingerprint density at radius 1 is 1.19 bits per heavy atom. The van der Waals surface area contributed by atoms with Crippen LogP contribution in [0.4, 0.5) is 0 Å². The molecule has 3 rings (SSSR count). The van der Waals surface area contributed by atoms with Crippen molar-refractivity contribution in [2.24, 2.45) is 0 Å². The first kappa shape index (κ1) is 18.6. The van der Waals surface area contributed by atoms with Gasteiger partial charge in [0, 0.05) is 5.69 Å². The quantitative estimate of drug-likeness (QED) is 0.536. The maximum absolute atomic E-state index is 12.6. The number of fused-ring (bicyclic) bond motifs is 1. The summed E-state index contributed by atoms with van der Waals surface area (Å²) in [6.45, 7) is 6.03. The highest BCUT2D eigenvalue weighted by Gasteiger charge is 2.17. The van der Waals surface area contributed by atoms with E-state index in [0.717, 1.165) is 45.9 Å². The molecule has 0 saturated carbocycles. The zero-order valence-corrected chi connectivity index (χ0v) is 17.0. The monoisotopic (exact) mass is 414 g/mol. The van der Waals surface area contributed by atoms with Crippen LogP contribution < -0.4 is 4.74 Å². The van der Waals surface area contributed by atoms with E-state index in [1.54, 1.807) is 0 Å². The van der Waals surface area contributed by atoms with Gasteiger partial charge in [0.05, 0.1) is 10.2 Å². The Kier molecular flexibility index (Phi) is 5.77. The first-order chi connectivity index (χ1) is 12.5. The minimum absolute atomic E-state index is 0.0495. The second-order valence-corrected chi connectivity index (χ2v) is 7.24. The average molecular weight is 415 g/mol. The zero-order valence-electron chi connectivity index (χ0n) is 15.4. The molecule has 5 heteroatoms. The summed E-state index contributed by atoms with van der Waals surface area (Å²) in [6.07, 6.45) is 3.18. The lowest BCUT2D eigenvalue weighted by Gasteiger charge is -2.10. The maximum Gasteiger partial charge on any atom is 0.284 e. The van der Waals surface area contributed by atoms with Crippen LogP contribution in [0.2, 0.25) is 0 Å². The highest BCUT2D eigenvalue weighted by molar-refractivity contribution is 9.10. The van der Waals surface area contributed by atoms with Crippen molar-refractivity contribution in [1.29, 1.82) is 0 Å². The molecular weight excluding hydrogens is 392 g/mol. The van der Waals surface area contributed by atoms with Crippen LogP contribution in [0.5, 0.6) is 5.75 Å². The van der Waals surface area contributed by atoms with Crippen LogP contribution in [0.1, 0.15) is 41.5 Å². The predicted molar refractivity (Wildman–Crippen MR) is 108 cm³/mol. The highest BCUT2D eigenvalue weighted by atomic mass is 79.9. The number of carbonyl (C=O) groups is 1. The smallest absolute Gasteiger partial charge is 0.284 e. The van der Waals surface area contributed by atoms with Gasteiger partial charge in [0.2, 0.25) is 0 Å². The lowest BCUT2D eigenvalue weighted by atomic mass is 10.1. The van der Waals surface area contributed by atoms with Gasteiger partial charge >= 0.3 is 0 Å². The second-order valence-electron chi connectivity index (χ2n) is 6.45. The summed E-state index contributed by atoms with van der Waals surface area (Å²) in [5, 5.41) is 6.61. The number of hydrogen-bond donors (Lipinski definition) is 0. The summed E-state index contributed by atoms with van der Waals surface area (Å²) in [5.74, 6) is 0.498. The Bertz CT molecular complexity index is 947. The van der Waals surface area contributed by atoms with Gasteiger partial charge in [0.25, 0.3) is 5.91 Å². The molecule has 0 fully saturated rings. The topological polar surface area (TPSA) is 44.1 Å². The van der Waals surface area contributed by atoms with Crippen molar-refractivity contribution in [3.05, 3.63) is 57.8 Å². The molecule has 0 aliphatic carbocycles. The van der Waals surface area contributed by atoms with E-state index < -0.39 is 0 Å². The third-order valence-electron chi connectivity index (χ3n) is 4.64. The van der Waals surface area contributed by atoms with Crippen molar-refractivity contribution >= 4 is 32.6 Å². The first-order valence-electron chi connectivity index (χ1n) is 8.91. The highest BCUT2D eigenvalue weighted by Crippen LogP contribution is 2.33. The third-order valence-corrected chi connectivity index (χ3v) is 5.45. The molecule has 0 bridgehead atoms. The maximum atomic E-state index is 12.6. The normalized spacial score (nSPS) is 11.1.